The Kier molecular flexibility index (Phi) is 6.14. The summed E-state index contributed by atoms with van der Waals surface area (Å²) in [6, 6.07) is 22.9. The maximum Gasteiger partial charge on any atom is 0.257 e. The highest BCUT2D eigenvalue weighted by Crippen LogP contribution is 2.47. The van der Waals surface area contributed by atoms with Gasteiger partial charge in [-0.25, -0.2) is 0 Å². The number of nitrogens with one attached hydrogen (secondary N) is 2. The molecule has 0 aliphatic carbocycles. The third-order valence-corrected chi connectivity index (χ3v) is 6.51. The van der Waals surface area contributed by atoms with Crippen LogP contribution in [0.25, 0.3) is 21.5 Å². The minimum absolute atomic E-state index is 0.165. The highest BCUT2D eigenvalue weighted by molar-refractivity contribution is 6.35. The first-order chi connectivity index (χ1) is 17.4. The number of carbonyl (C=O) groups excluding carboxylic acids is 2. The zero-order valence-electron chi connectivity index (χ0n) is 18.5. The van der Waals surface area contributed by atoms with Crippen molar-refractivity contribution >= 4 is 67.9 Å². The molecular weight excluding hydrogens is 499 g/mol. The van der Waals surface area contributed by atoms with Gasteiger partial charge >= 0.3 is 0 Å². The van der Waals surface area contributed by atoms with Gasteiger partial charge in [-0.05, 0) is 36.4 Å². The van der Waals surface area contributed by atoms with Gasteiger partial charge in [-0.15, -0.1) is 0 Å². The van der Waals surface area contributed by atoms with E-state index in [2.05, 4.69) is 10.6 Å². The standard InChI is InChI=1S/C28H18Cl2N2O4/c29-19-11-3-1-7-15(19)27(35)31-21-13-5-9-17-23(21)25(33)18-10-6-14-22(24(18)26(17)34)32-28(36)16-8-2-4-12-20(16)30/h1-14,33-34H,(H,31,35)(H,32,36). The second-order valence-electron chi connectivity index (χ2n) is 8.02. The summed E-state index contributed by atoms with van der Waals surface area (Å²) in [7, 11) is 0. The number of rotatable bonds is 4. The molecule has 5 aromatic carbocycles. The van der Waals surface area contributed by atoms with E-state index < -0.39 is 11.8 Å². The number of hydrogen-bond acceptors (Lipinski definition) is 4. The summed E-state index contributed by atoms with van der Waals surface area (Å²) in [5.41, 5.74) is 1.12. The van der Waals surface area contributed by atoms with Crippen molar-refractivity contribution in [3.8, 4) is 11.5 Å². The van der Waals surface area contributed by atoms with E-state index in [0.29, 0.717) is 0 Å². The van der Waals surface area contributed by atoms with Gasteiger partial charge in [0.15, 0.2) is 0 Å². The van der Waals surface area contributed by atoms with Crippen molar-refractivity contribution in [1.82, 2.24) is 0 Å². The van der Waals surface area contributed by atoms with Crippen molar-refractivity contribution in [2.24, 2.45) is 0 Å². The first kappa shape index (κ1) is 23.5. The first-order valence-electron chi connectivity index (χ1n) is 10.9. The molecule has 0 aliphatic rings. The molecule has 0 spiro atoms. The van der Waals surface area contributed by atoms with Gasteiger partial charge in [0.05, 0.1) is 43.3 Å². The lowest BCUT2D eigenvalue weighted by atomic mass is 9.98. The molecule has 2 amide bonds. The quantitative estimate of drug-likeness (QED) is 0.150. The van der Waals surface area contributed by atoms with Gasteiger partial charge < -0.3 is 20.8 Å². The van der Waals surface area contributed by atoms with Gasteiger partial charge in [0.1, 0.15) is 11.5 Å². The van der Waals surface area contributed by atoms with Gasteiger partial charge in [-0.3, -0.25) is 9.59 Å². The summed E-state index contributed by atoms with van der Waals surface area (Å²) < 4.78 is 0. The van der Waals surface area contributed by atoms with E-state index in [4.69, 9.17) is 23.2 Å². The molecule has 0 fully saturated rings. The van der Waals surface area contributed by atoms with Crippen molar-refractivity contribution in [2.45, 2.75) is 0 Å². The summed E-state index contributed by atoms with van der Waals surface area (Å²) in [5.74, 6) is -1.26. The number of phenols is 2. The van der Waals surface area contributed by atoms with Crippen LogP contribution in [0.1, 0.15) is 20.7 Å². The molecule has 0 saturated heterocycles. The molecule has 0 heterocycles. The van der Waals surface area contributed by atoms with Crippen molar-refractivity contribution in [3.63, 3.8) is 0 Å². The molecule has 8 heteroatoms. The predicted molar refractivity (Wildman–Crippen MR) is 144 cm³/mol. The molecule has 0 unspecified atom stereocenters. The second kappa shape index (κ2) is 9.41. The van der Waals surface area contributed by atoms with E-state index in [1.165, 1.54) is 0 Å². The zero-order chi connectivity index (χ0) is 25.4. The minimum atomic E-state index is -0.465. The van der Waals surface area contributed by atoms with Crippen LogP contribution >= 0.6 is 23.2 Å². The Hall–Kier alpha value is -4.26. The van der Waals surface area contributed by atoms with Crippen LogP contribution in [0.5, 0.6) is 11.5 Å². The number of fused-ring (bicyclic) bond motifs is 2. The number of phenolic OH excluding ortho intramolecular Hbond substituents is 2. The molecule has 0 aliphatic heterocycles. The molecule has 0 radical (unpaired) electrons. The number of hydrogen-bond donors (Lipinski definition) is 4. The number of carbonyl (C=O) groups is 2. The van der Waals surface area contributed by atoms with Crippen LogP contribution in [0, 0.1) is 0 Å². The maximum atomic E-state index is 12.9. The van der Waals surface area contributed by atoms with E-state index in [1.54, 1.807) is 84.9 Å². The summed E-state index contributed by atoms with van der Waals surface area (Å²) in [5, 5.41) is 29.7. The number of amides is 2. The van der Waals surface area contributed by atoms with E-state index in [0.717, 1.165) is 0 Å². The molecule has 178 valence electrons. The second-order valence-corrected chi connectivity index (χ2v) is 8.84. The van der Waals surface area contributed by atoms with E-state index in [-0.39, 0.29) is 65.6 Å². The molecule has 0 bridgehead atoms. The van der Waals surface area contributed by atoms with Crippen molar-refractivity contribution < 1.29 is 19.8 Å². The Morgan fingerprint density at radius 3 is 1.33 bits per heavy atom. The predicted octanol–water partition coefficient (Wildman–Crippen LogP) is 7.22. The van der Waals surface area contributed by atoms with Crippen molar-refractivity contribution in [1.29, 1.82) is 0 Å². The Morgan fingerprint density at radius 2 is 0.944 bits per heavy atom. The molecule has 0 saturated carbocycles. The van der Waals surface area contributed by atoms with Crippen LogP contribution in [0.2, 0.25) is 10.0 Å². The number of anilines is 2. The number of aromatic hydroxyl groups is 2. The lowest BCUT2D eigenvalue weighted by Gasteiger charge is -2.17. The fourth-order valence-electron chi connectivity index (χ4n) is 4.16. The SMILES string of the molecule is O=C(Nc1cccc2c(O)c3c(NC(=O)c4ccccc4Cl)cccc3c(O)c12)c1ccccc1Cl. The van der Waals surface area contributed by atoms with Crippen LogP contribution < -0.4 is 10.6 Å². The summed E-state index contributed by atoms with van der Waals surface area (Å²) in [6.45, 7) is 0. The topological polar surface area (TPSA) is 98.7 Å². The van der Waals surface area contributed by atoms with Gasteiger partial charge in [0, 0.05) is 10.8 Å². The molecule has 0 aromatic heterocycles. The van der Waals surface area contributed by atoms with Gasteiger partial charge in [0.25, 0.3) is 11.8 Å². The van der Waals surface area contributed by atoms with E-state index in [1.807, 2.05) is 0 Å². The summed E-state index contributed by atoms with van der Waals surface area (Å²) in [6.07, 6.45) is 0. The fourth-order valence-corrected chi connectivity index (χ4v) is 4.60. The van der Waals surface area contributed by atoms with Gasteiger partial charge in [-0.2, -0.15) is 0 Å². The Bertz CT molecular complexity index is 1560. The third-order valence-electron chi connectivity index (χ3n) is 5.85. The Morgan fingerprint density at radius 1 is 0.556 bits per heavy atom. The van der Waals surface area contributed by atoms with Crippen LogP contribution in [0.4, 0.5) is 11.4 Å². The average Bonchev–Trinajstić information content (AvgIpc) is 2.87. The molecular formula is C28H18Cl2N2O4. The van der Waals surface area contributed by atoms with Gasteiger partial charge in [0.2, 0.25) is 0 Å². The van der Waals surface area contributed by atoms with E-state index >= 15 is 0 Å². The minimum Gasteiger partial charge on any atom is -0.507 e. The highest BCUT2D eigenvalue weighted by Gasteiger charge is 2.21. The van der Waals surface area contributed by atoms with Gasteiger partial charge in [-0.1, -0.05) is 71.7 Å². The smallest absolute Gasteiger partial charge is 0.257 e. The van der Waals surface area contributed by atoms with Crippen molar-refractivity contribution in [3.05, 3.63) is 106 Å². The van der Waals surface area contributed by atoms with Crippen LogP contribution in [0.3, 0.4) is 0 Å². The monoisotopic (exact) mass is 516 g/mol. The number of halogens is 2. The maximum absolute atomic E-state index is 12.9. The zero-order valence-corrected chi connectivity index (χ0v) is 20.1. The van der Waals surface area contributed by atoms with E-state index in [9.17, 15) is 19.8 Å². The number of benzene rings is 5. The average molecular weight is 517 g/mol. The van der Waals surface area contributed by atoms with Crippen molar-refractivity contribution in [2.75, 3.05) is 10.6 Å². The largest absolute Gasteiger partial charge is 0.507 e. The van der Waals surface area contributed by atoms with Crippen LogP contribution in [0.15, 0.2) is 84.9 Å². The molecule has 5 aromatic rings. The summed E-state index contributed by atoms with van der Waals surface area (Å²) >= 11 is 12.3. The summed E-state index contributed by atoms with van der Waals surface area (Å²) in [4.78, 5) is 25.8. The normalized spacial score (nSPS) is 10.9. The molecule has 0 atom stereocenters. The van der Waals surface area contributed by atoms with Crippen LogP contribution in [-0.2, 0) is 0 Å². The lowest BCUT2D eigenvalue weighted by molar-refractivity contribution is 0.101. The molecule has 6 nitrogen and oxygen atoms in total. The first-order valence-corrected chi connectivity index (χ1v) is 11.6. The third kappa shape index (κ3) is 4.06. The molecule has 5 rings (SSSR count). The Balaban J connectivity index is 1.63. The lowest BCUT2D eigenvalue weighted by Crippen LogP contribution is -2.13. The highest BCUT2D eigenvalue weighted by atomic mass is 35.5. The fraction of sp³-hybridized carbons (Fsp3) is 0. The molecule has 4 N–H and O–H groups in total. The van der Waals surface area contributed by atoms with Crippen LogP contribution in [-0.4, -0.2) is 22.0 Å². The molecule has 36 heavy (non-hydrogen) atoms. The Labute approximate surface area is 215 Å².